The highest BCUT2D eigenvalue weighted by molar-refractivity contribution is 6.37. The normalized spacial score (nSPS) is 14.4. The lowest BCUT2D eigenvalue weighted by Gasteiger charge is -2.19. The van der Waals surface area contributed by atoms with Gasteiger partial charge in [-0.2, -0.15) is 0 Å². The number of rotatable bonds is 8. The van der Waals surface area contributed by atoms with Crippen molar-refractivity contribution in [1.29, 1.82) is 0 Å². The van der Waals surface area contributed by atoms with Gasteiger partial charge < -0.3 is 14.8 Å². The van der Waals surface area contributed by atoms with Crippen LogP contribution in [-0.2, 0) is 19.7 Å². The summed E-state index contributed by atoms with van der Waals surface area (Å²) in [5.74, 6) is -0.138. The molecule has 6 heteroatoms. The maximum Gasteiger partial charge on any atom is 0.278 e. The van der Waals surface area contributed by atoms with Gasteiger partial charge in [0.05, 0.1) is 12.7 Å². The average Bonchev–Trinajstić information content (AvgIpc) is 2.97. The molecule has 164 valence electrons. The van der Waals surface area contributed by atoms with Crippen molar-refractivity contribution in [1.82, 2.24) is 4.90 Å². The van der Waals surface area contributed by atoms with E-state index in [4.69, 9.17) is 9.47 Å². The smallest absolute Gasteiger partial charge is 0.278 e. The molecule has 0 saturated heterocycles. The molecule has 1 heterocycles. The number of hydrogen-bond acceptors (Lipinski definition) is 5. The van der Waals surface area contributed by atoms with E-state index in [0.717, 1.165) is 5.69 Å². The number of ether oxygens (including phenoxy) is 2. The molecule has 0 unspecified atom stereocenters. The molecular formula is C25H30N2O4. The molecule has 0 bridgehead atoms. The highest BCUT2D eigenvalue weighted by Crippen LogP contribution is 2.35. The predicted molar refractivity (Wildman–Crippen MR) is 122 cm³/mol. The quantitative estimate of drug-likeness (QED) is 0.510. The van der Waals surface area contributed by atoms with Crippen molar-refractivity contribution in [3.8, 4) is 5.75 Å². The molecule has 3 rings (SSSR count). The van der Waals surface area contributed by atoms with Crippen LogP contribution in [0, 0.1) is 0 Å². The average molecular weight is 423 g/mol. The highest BCUT2D eigenvalue weighted by Gasteiger charge is 2.39. The van der Waals surface area contributed by atoms with Gasteiger partial charge >= 0.3 is 0 Å². The molecule has 2 aromatic carbocycles. The van der Waals surface area contributed by atoms with Crippen LogP contribution >= 0.6 is 0 Å². The molecule has 2 amide bonds. The second-order valence-corrected chi connectivity index (χ2v) is 8.51. The topological polar surface area (TPSA) is 67.9 Å². The van der Waals surface area contributed by atoms with E-state index in [1.165, 1.54) is 10.5 Å². The highest BCUT2D eigenvalue weighted by atomic mass is 16.5. The number of methoxy groups -OCH3 is 2. The van der Waals surface area contributed by atoms with E-state index in [1.807, 2.05) is 36.4 Å². The molecule has 0 aromatic heterocycles. The molecule has 1 aliphatic rings. The second-order valence-electron chi connectivity index (χ2n) is 8.51. The van der Waals surface area contributed by atoms with Gasteiger partial charge in [0, 0.05) is 31.5 Å². The lowest BCUT2D eigenvalue weighted by Crippen LogP contribution is -2.33. The number of hydrogen-bond donors (Lipinski definition) is 1. The molecule has 0 saturated carbocycles. The first-order chi connectivity index (χ1) is 14.8. The van der Waals surface area contributed by atoms with Gasteiger partial charge in [0.1, 0.15) is 11.4 Å². The first kappa shape index (κ1) is 22.6. The van der Waals surface area contributed by atoms with Gasteiger partial charge in [0.2, 0.25) is 0 Å². The summed E-state index contributed by atoms with van der Waals surface area (Å²) < 4.78 is 10.5. The van der Waals surface area contributed by atoms with Crippen LogP contribution in [0.4, 0.5) is 5.69 Å². The van der Waals surface area contributed by atoms with Gasteiger partial charge in [-0.3, -0.25) is 14.5 Å². The number of nitrogens with one attached hydrogen (secondary N) is 1. The number of nitrogens with zero attached hydrogens (tertiary/aromatic N) is 1. The number of carbonyl (C=O) groups excluding carboxylic acids is 2. The Hall–Kier alpha value is -3.12. The Morgan fingerprint density at radius 3 is 2.23 bits per heavy atom. The summed E-state index contributed by atoms with van der Waals surface area (Å²) in [6, 6.07) is 15.2. The molecule has 0 atom stereocenters. The van der Waals surface area contributed by atoms with Crippen LogP contribution < -0.4 is 10.1 Å². The van der Waals surface area contributed by atoms with Crippen LogP contribution in [0.3, 0.4) is 0 Å². The standard InChI is InChI=1S/C25H30N2O4/c1-25(2,3)17-11-13-18(14-12-17)26-22-21(19-9-6-7-10-20(19)31-5)23(28)27(24(22)29)15-8-16-30-4/h6-7,9-14,26H,8,15-16H2,1-5H3. The van der Waals surface area contributed by atoms with Crippen molar-refractivity contribution in [3.05, 3.63) is 65.4 Å². The summed E-state index contributed by atoms with van der Waals surface area (Å²) >= 11 is 0. The van der Waals surface area contributed by atoms with Gasteiger partial charge in [0.25, 0.3) is 11.8 Å². The van der Waals surface area contributed by atoms with Crippen LogP contribution in [0.25, 0.3) is 5.57 Å². The Labute approximate surface area is 183 Å². The Morgan fingerprint density at radius 1 is 0.935 bits per heavy atom. The molecule has 2 aromatic rings. The third-order valence-electron chi connectivity index (χ3n) is 5.29. The molecule has 0 aliphatic carbocycles. The fraction of sp³-hybridized carbons (Fsp3) is 0.360. The predicted octanol–water partition coefficient (Wildman–Crippen LogP) is 4.22. The van der Waals surface area contributed by atoms with E-state index in [9.17, 15) is 9.59 Å². The van der Waals surface area contributed by atoms with Crippen molar-refractivity contribution < 1.29 is 19.1 Å². The molecule has 0 radical (unpaired) electrons. The van der Waals surface area contributed by atoms with Crippen LogP contribution in [0.5, 0.6) is 5.75 Å². The minimum absolute atomic E-state index is 0.0255. The minimum Gasteiger partial charge on any atom is -0.496 e. The summed E-state index contributed by atoms with van der Waals surface area (Å²) in [4.78, 5) is 27.8. The van der Waals surface area contributed by atoms with Gasteiger partial charge in [-0.1, -0.05) is 51.1 Å². The summed E-state index contributed by atoms with van der Waals surface area (Å²) in [6.45, 7) is 7.20. The van der Waals surface area contributed by atoms with Crippen LogP contribution in [-0.4, -0.2) is 44.1 Å². The summed E-state index contributed by atoms with van der Waals surface area (Å²) in [7, 11) is 3.15. The zero-order chi connectivity index (χ0) is 22.6. The zero-order valence-electron chi connectivity index (χ0n) is 18.8. The largest absolute Gasteiger partial charge is 0.496 e. The zero-order valence-corrected chi connectivity index (χ0v) is 18.8. The van der Waals surface area contributed by atoms with E-state index in [0.29, 0.717) is 29.9 Å². The second kappa shape index (κ2) is 9.35. The van der Waals surface area contributed by atoms with Crippen molar-refractivity contribution in [2.45, 2.75) is 32.6 Å². The van der Waals surface area contributed by atoms with Gasteiger partial charge in [-0.25, -0.2) is 0 Å². The van der Waals surface area contributed by atoms with E-state index in [1.54, 1.807) is 26.4 Å². The third kappa shape index (κ3) is 4.80. The first-order valence-corrected chi connectivity index (χ1v) is 10.4. The molecule has 0 fully saturated rings. The van der Waals surface area contributed by atoms with Crippen molar-refractivity contribution in [3.63, 3.8) is 0 Å². The van der Waals surface area contributed by atoms with Crippen molar-refractivity contribution >= 4 is 23.1 Å². The monoisotopic (exact) mass is 422 g/mol. The molecule has 0 spiro atoms. The molecule has 1 N–H and O–H groups in total. The lowest BCUT2D eigenvalue weighted by atomic mass is 9.87. The van der Waals surface area contributed by atoms with Crippen LogP contribution in [0.1, 0.15) is 38.3 Å². The molecule has 1 aliphatic heterocycles. The Kier molecular flexibility index (Phi) is 6.81. The molecular weight excluding hydrogens is 392 g/mol. The van der Waals surface area contributed by atoms with Crippen molar-refractivity contribution in [2.75, 3.05) is 32.7 Å². The number of carbonyl (C=O) groups is 2. The van der Waals surface area contributed by atoms with Gasteiger partial charge in [-0.15, -0.1) is 0 Å². The van der Waals surface area contributed by atoms with Gasteiger partial charge in [0.15, 0.2) is 0 Å². The van der Waals surface area contributed by atoms with E-state index < -0.39 is 0 Å². The maximum absolute atomic E-state index is 13.3. The number of para-hydroxylation sites is 1. The number of amides is 2. The summed E-state index contributed by atoms with van der Waals surface area (Å²) in [5.41, 5.74) is 3.13. The van der Waals surface area contributed by atoms with Crippen LogP contribution in [0.15, 0.2) is 54.2 Å². The fourth-order valence-electron chi connectivity index (χ4n) is 3.56. The number of benzene rings is 2. The Morgan fingerprint density at radius 2 is 1.61 bits per heavy atom. The number of anilines is 1. The minimum atomic E-state index is -0.345. The van der Waals surface area contributed by atoms with Gasteiger partial charge in [-0.05, 0) is 35.6 Å². The number of imide groups is 1. The van der Waals surface area contributed by atoms with Crippen molar-refractivity contribution in [2.24, 2.45) is 0 Å². The fourth-order valence-corrected chi connectivity index (χ4v) is 3.56. The summed E-state index contributed by atoms with van der Waals surface area (Å²) in [6.07, 6.45) is 0.570. The third-order valence-corrected chi connectivity index (χ3v) is 5.29. The SMILES string of the molecule is COCCCN1C(=O)C(Nc2ccc(C(C)(C)C)cc2)=C(c2ccccc2OC)C1=O. The van der Waals surface area contributed by atoms with E-state index >= 15 is 0 Å². The molecule has 6 nitrogen and oxygen atoms in total. The molecule has 31 heavy (non-hydrogen) atoms. The Bertz CT molecular complexity index is 987. The first-order valence-electron chi connectivity index (χ1n) is 10.4. The maximum atomic E-state index is 13.3. The van der Waals surface area contributed by atoms with Crippen LogP contribution in [0.2, 0.25) is 0 Å². The summed E-state index contributed by atoms with van der Waals surface area (Å²) in [5, 5.41) is 3.20. The Balaban J connectivity index is 2.01. The van der Waals surface area contributed by atoms with E-state index in [2.05, 4.69) is 26.1 Å². The lowest BCUT2D eigenvalue weighted by molar-refractivity contribution is -0.137. The van der Waals surface area contributed by atoms with E-state index in [-0.39, 0.29) is 29.5 Å².